The molecule has 0 bridgehead atoms. The zero-order chi connectivity index (χ0) is 21.0. The number of fused-ring (bicyclic) bond motifs is 1. The van der Waals surface area contributed by atoms with Crippen molar-refractivity contribution in [2.75, 3.05) is 17.3 Å². The maximum atomic E-state index is 12.9. The number of hydrogen-bond donors (Lipinski definition) is 2. The van der Waals surface area contributed by atoms with Crippen molar-refractivity contribution in [2.24, 2.45) is 0 Å². The van der Waals surface area contributed by atoms with E-state index >= 15 is 0 Å². The van der Waals surface area contributed by atoms with Crippen molar-refractivity contribution >= 4 is 29.3 Å². The minimum absolute atomic E-state index is 0.262. The first-order valence-corrected chi connectivity index (χ1v) is 10.9. The largest absolute Gasteiger partial charge is 0.449 e. The molecule has 1 heterocycles. The summed E-state index contributed by atoms with van der Waals surface area (Å²) in [4.78, 5) is 25.5. The molecule has 0 fully saturated rings. The Bertz CT molecular complexity index is 913. The first-order chi connectivity index (χ1) is 13.8. The van der Waals surface area contributed by atoms with Gasteiger partial charge in [0.1, 0.15) is 6.04 Å². The van der Waals surface area contributed by atoms with E-state index in [4.69, 9.17) is 9.47 Å². The Hall–Kier alpha value is -2.67. The predicted octanol–water partition coefficient (Wildman–Crippen LogP) is 3.99. The highest BCUT2D eigenvalue weighted by Gasteiger charge is 2.32. The van der Waals surface area contributed by atoms with Gasteiger partial charge in [0, 0.05) is 31.2 Å². The number of ether oxygens (including phenoxy) is 2. The van der Waals surface area contributed by atoms with E-state index < -0.39 is 11.8 Å². The van der Waals surface area contributed by atoms with Crippen molar-refractivity contribution in [1.82, 2.24) is 5.32 Å². The van der Waals surface area contributed by atoms with Crippen molar-refractivity contribution in [3.8, 4) is 11.5 Å². The van der Waals surface area contributed by atoms with Crippen molar-refractivity contribution < 1.29 is 19.1 Å². The quantitative estimate of drug-likeness (QED) is 0.716. The molecule has 2 amide bonds. The number of hydrogen-bond acceptors (Lipinski definition) is 5. The van der Waals surface area contributed by atoms with Crippen LogP contribution in [0, 0.1) is 6.92 Å². The Balaban J connectivity index is 1.70. The van der Waals surface area contributed by atoms with Crippen LogP contribution in [0.3, 0.4) is 0 Å². The Labute approximate surface area is 175 Å². The smallest absolute Gasteiger partial charge is 0.251 e. The number of anilines is 1. The lowest BCUT2D eigenvalue weighted by molar-refractivity contribution is -0.118. The molecule has 0 aliphatic carbocycles. The minimum Gasteiger partial charge on any atom is -0.449 e. The van der Waals surface area contributed by atoms with Crippen molar-refractivity contribution in [2.45, 2.75) is 39.0 Å². The van der Waals surface area contributed by atoms with Crippen LogP contribution in [0.5, 0.6) is 11.5 Å². The van der Waals surface area contributed by atoms with Gasteiger partial charge in [-0.25, -0.2) is 0 Å². The molecule has 3 rings (SSSR count). The van der Waals surface area contributed by atoms with Gasteiger partial charge >= 0.3 is 0 Å². The maximum Gasteiger partial charge on any atom is 0.251 e. The summed E-state index contributed by atoms with van der Waals surface area (Å²) in [5, 5.41) is 5.74. The third-order valence-electron chi connectivity index (χ3n) is 4.44. The third kappa shape index (κ3) is 5.44. The van der Waals surface area contributed by atoms with Crippen molar-refractivity contribution in [1.29, 1.82) is 0 Å². The summed E-state index contributed by atoms with van der Waals surface area (Å²) in [7, 11) is 0. The number of aryl methyl sites for hydroxylation is 1. The number of nitrogens with one attached hydrogen (secondary N) is 2. The van der Waals surface area contributed by atoms with Gasteiger partial charge in [-0.15, -0.1) is 0 Å². The molecule has 2 aromatic rings. The summed E-state index contributed by atoms with van der Waals surface area (Å²) in [6.07, 6.45) is 2.50. The van der Waals surface area contributed by atoms with E-state index in [2.05, 4.69) is 10.6 Å². The second-order valence-electron chi connectivity index (χ2n) is 7.43. The SMILES string of the molecule is CSCCC(NC(=O)c1cccc(C)c1)C(=O)Nc1ccc2c(c1)OC(C)(C)O2. The third-order valence-corrected chi connectivity index (χ3v) is 5.08. The molecule has 0 saturated carbocycles. The van der Waals surface area contributed by atoms with E-state index in [-0.39, 0.29) is 11.8 Å². The van der Waals surface area contributed by atoms with E-state index in [0.29, 0.717) is 29.2 Å². The van der Waals surface area contributed by atoms with Crippen molar-refractivity contribution in [3.63, 3.8) is 0 Å². The summed E-state index contributed by atoms with van der Waals surface area (Å²) in [6.45, 7) is 5.57. The number of amides is 2. The summed E-state index contributed by atoms with van der Waals surface area (Å²) < 4.78 is 11.4. The second-order valence-corrected chi connectivity index (χ2v) is 8.42. The van der Waals surface area contributed by atoms with Crippen molar-refractivity contribution in [3.05, 3.63) is 53.6 Å². The first-order valence-electron chi connectivity index (χ1n) is 9.47. The summed E-state index contributed by atoms with van der Waals surface area (Å²) in [5.41, 5.74) is 2.12. The molecule has 7 heteroatoms. The molecule has 6 nitrogen and oxygen atoms in total. The lowest BCUT2D eigenvalue weighted by Crippen LogP contribution is -2.44. The number of carbonyl (C=O) groups is 2. The molecule has 0 saturated heterocycles. The summed E-state index contributed by atoms with van der Waals surface area (Å²) in [6, 6.07) is 11.9. The number of carbonyl (C=O) groups excluding carboxylic acids is 2. The molecule has 1 aliphatic heterocycles. The van der Waals surface area contributed by atoms with E-state index in [1.54, 1.807) is 42.1 Å². The molecular weight excluding hydrogens is 388 g/mol. The minimum atomic E-state index is -0.729. The first kappa shape index (κ1) is 21.0. The van der Waals surface area contributed by atoms with Crippen LogP contribution >= 0.6 is 11.8 Å². The van der Waals surface area contributed by atoms with Gasteiger partial charge in [-0.2, -0.15) is 11.8 Å². The molecule has 0 aromatic heterocycles. The van der Waals surface area contributed by atoms with Crippen LogP contribution < -0.4 is 20.1 Å². The predicted molar refractivity (Wildman–Crippen MR) is 116 cm³/mol. The van der Waals surface area contributed by atoms with Crippen LogP contribution in [0.25, 0.3) is 0 Å². The van der Waals surface area contributed by atoms with E-state index in [0.717, 1.165) is 11.3 Å². The summed E-state index contributed by atoms with van der Waals surface area (Å²) in [5.74, 6) is 0.715. The van der Waals surface area contributed by atoms with Crippen LogP contribution in [0.2, 0.25) is 0 Å². The van der Waals surface area contributed by atoms with Gasteiger partial charge in [-0.05, 0) is 49.6 Å². The van der Waals surface area contributed by atoms with Gasteiger partial charge in [0.25, 0.3) is 5.91 Å². The molecule has 2 N–H and O–H groups in total. The Kier molecular flexibility index (Phi) is 6.37. The molecule has 0 radical (unpaired) electrons. The van der Waals surface area contributed by atoms with Gasteiger partial charge < -0.3 is 20.1 Å². The topological polar surface area (TPSA) is 76.7 Å². The number of rotatable bonds is 7. The molecule has 2 aromatic carbocycles. The monoisotopic (exact) mass is 414 g/mol. The molecular formula is C22H26N2O4S. The highest BCUT2D eigenvalue weighted by Crippen LogP contribution is 2.40. The maximum absolute atomic E-state index is 12.9. The fourth-order valence-corrected chi connectivity index (χ4v) is 3.53. The van der Waals surface area contributed by atoms with E-state index in [1.807, 2.05) is 39.2 Å². The number of thioether (sulfide) groups is 1. The molecule has 1 atom stereocenters. The van der Waals surface area contributed by atoms with E-state index in [9.17, 15) is 9.59 Å². The average Bonchev–Trinajstić information content (AvgIpc) is 2.97. The Morgan fingerprint density at radius 1 is 1.10 bits per heavy atom. The van der Waals surface area contributed by atoms with Gasteiger partial charge in [0.15, 0.2) is 11.5 Å². The highest BCUT2D eigenvalue weighted by atomic mass is 32.2. The van der Waals surface area contributed by atoms with Gasteiger partial charge in [-0.3, -0.25) is 9.59 Å². The van der Waals surface area contributed by atoms with Crippen LogP contribution in [-0.2, 0) is 4.79 Å². The fourth-order valence-electron chi connectivity index (χ4n) is 3.06. The molecule has 1 aliphatic rings. The molecule has 29 heavy (non-hydrogen) atoms. The average molecular weight is 415 g/mol. The number of benzene rings is 2. The lowest BCUT2D eigenvalue weighted by Gasteiger charge is -2.18. The Morgan fingerprint density at radius 3 is 2.59 bits per heavy atom. The fraction of sp³-hybridized carbons (Fsp3) is 0.364. The zero-order valence-corrected chi connectivity index (χ0v) is 17.9. The zero-order valence-electron chi connectivity index (χ0n) is 17.1. The second kappa shape index (κ2) is 8.78. The molecule has 1 unspecified atom stereocenters. The van der Waals surface area contributed by atoms with Crippen LogP contribution in [-0.4, -0.2) is 35.7 Å². The summed E-state index contributed by atoms with van der Waals surface area (Å²) >= 11 is 1.63. The lowest BCUT2D eigenvalue weighted by atomic mass is 10.1. The normalized spacial score (nSPS) is 14.9. The van der Waals surface area contributed by atoms with Crippen LogP contribution in [0.15, 0.2) is 42.5 Å². The molecule has 154 valence electrons. The van der Waals surface area contributed by atoms with Gasteiger partial charge in [0.05, 0.1) is 0 Å². The highest BCUT2D eigenvalue weighted by molar-refractivity contribution is 7.98. The van der Waals surface area contributed by atoms with E-state index in [1.165, 1.54) is 0 Å². The van der Waals surface area contributed by atoms with Crippen LogP contribution in [0.4, 0.5) is 5.69 Å². The Morgan fingerprint density at radius 2 is 1.86 bits per heavy atom. The molecule has 0 spiro atoms. The van der Waals surface area contributed by atoms with Crippen LogP contribution in [0.1, 0.15) is 36.2 Å². The standard InChI is InChI=1S/C22H26N2O4S/c1-14-6-5-7-15(12-14)20(25)24-17(10-11-29-4)21(26)23-16-8-9-18-19(13-16)28-22(2,3)27-18/h5-9,12-13,17H,10-11H2,1-4H3,(H,23,26)(H,24,25). The van der Waals surface area contributed by atoms with Gasteiger partial charge in [0.2, 0.25) is 11.7 Å². The van der Waals surface area contributed by atoms with Gasteiger partial charge in [-0.1, -0.05) is 17.7 Å².